The van der Waals surface area contributed by atoms with Crippen LogP contribution in [0.25, 0.3) is 0 Å². The molecule has 0 bridgehead atoms. The maximum Gasteiger partial charge on any atom is 0.239 e. The first kappa shape index (κ1) is 13.5. The van der Waals surface area contributed by atoms with Gasteiger partial charge in [-0.3, -0.25) is 9.69 Å². The lowest BCUT2D eigenvalue weighted by molar-refractivity contribution is -0.135. The van der Waals surface area contributed by atoms with Crippen LogP contribution in [0.3, 0.4) is 0 Å². The summed E-state index contributed by atoms with van der Waals surface area (Å²) >= 11 is 0. The van der Waals surface area contributed by atoms with Crippen LogP contribution in [0.15, 0.2) is 0 Å². The number of nitrogens with one attached hydrogen (secondary N) is 2. The van der Waals surface area contributed by atoms with Crippen LogP contribution in [-0.4, -0.2) is 48.6 Å². The zero-order valence-corrected chi connectivity index (χ0v) is 11.0. The van der Waals surface area contributed by atoms with Crippen LogP contribution in [0, 0.1) is 0 Å². The fourth-order valence-corrected chi connectivity index (χ4v) is 2.00. The van der Waals surface area contributed by atoms with Crippen molar-refractivity contribution in [3.05, 3.63) is 0 Å². The Hall–Kier alpha value is -0.610. The van der Waals surface area contributed by atoms with Crippen molar-refractivity contribution in [1.29, 1.82) is 0 Å². The van der Waals surface area contributed by atoms with Gasteiger partial charge in [-0.05, 0) is 26.8 Å². The van der Waals surface area contributed by atoms with E-state index in [-0.39, 0.29) is 11.4 Å². The van der Waals surface area contributed by atoms with Crippen molar-refractivity contribution in [3.63, 3.8) is 0 Å². The van der Waals surface area contributed by atoms with E-state index in [0.29, 0.717) is 6.04 Å². The minimum absolute atomic E-state index is 0.149. The molecule has 0 aromatic heterocycles. The Balaban J connectivity index is 2.32. The molecule has 0 aromatic rings. The van der Waals surface area contributed by atoms with Crippen molar-refractivity contribution in [2.45, 2.75) is 45.7 Å². The van der Waals surface area contributed by atoms with Gasteiger partial charge >= 0.3 is 0 Å². The molecule has 1 heterocycles. The maximum atomic E-state index is 11.7. The fourth-order valence-electron chi connectivity index (χ4n) is 2.00. The summed E-state index contributed by atoms with van der Waals surface area (Å²) in [5.41, 5.74) is -0.351. The molecular weight excluding hydrogens is 202 g/mol. The van der Waals surface area contributed by atoms with E-state index in [4.69, 9.17) is 0 Å². The van der Waals surface area contributed by atoms with Crippen molar-refractivity contribution in [3.8, 4) is 0 Å². The largest absolute Gasteiger partial charge is 0.353 e. The van der Waals surface area contributed by atoms with Gasteiger partial charge in [-0.2, -0.15) is 0 Å². The lowest BCUT2D eigenvalue weighted by atomic mass is 9.99. The molecule has 1 saturated heterocycles. The van der Waals surface area contributed by atoms with Crippen molar-refractivity contribution < 1.29 is 4.79 Å². The third-order valence-corrected chi connectivity index (χ3v) is 3.17. The van der Waals surface area contributed by atoms with Crippen molar-refractivity contribution in [2.24, 2.45) is 0 Å². The average Bonchev–Trinajstić information content (AvgIpc) is 2.18. The minimum atomic E-state index is -0.351. The zero-order chi connectivity index (χ0) is 12.2. The van der Waals surface area contributed by atoms with Gasteiger partial charge < -0.3 is 10.6 Å². The molecule has 1 fully saturated rings. The van der Waals surface area contributed by atoms with E-state index >= 15 is 0 Å². The molecule has 1 aliphatic rings. The Morgan fingerprint density at radius 3 is 2.81 bits per heavy atom. The van der Waals surface area contributed by atoms with Gasteiger partial charge in [0.1, 0.15) is 0 Å². The SMILES string of the molecule is CC(C)NCCCN1CCNC(=O)C1(C)C. The predicted octanol–water partition coefficient (Wildman–Crippen LogP) is 0.585. The van der Waals surface area contributed by atoms with Gasteiger partial charge in [-0.15, -0.1) is 0 Å². The highest BCUT2D eigenvalue weighted by Crippen LogP contribution is 2.17. The second-order valence-electron chi connectivity index (χ2n) is 5.26. The molecule has 1 aliphatic heterocycles. The number of carbonyl (C=O) groups is 1. The predicted molar refractivity (Wildman–Crippen MR) is 66.4 cm³/mol. The quantitative estimate of drug-likeness (QED) is 0.676. The van der Waals surface area contributed by atoms with E-state index < -0.39 is 0 Å². The van der Waals surface area contributed by atoms with Gasteiger partial charge in [0.15, 0.2) is 0 Å². The summed E-state index contributed by atoms with van der Waals surface area (Å²) < 4.78 is 0. The highest BCUT2D eigenvalue weighted by atomic mass is 16.2. The van der Waals surface area contributed by atoms with Crippen molar-refractivity contribution >= 4 is 5.91 Å². The molecule has 0 radical (unpaired) electrons. The van der Waals surface area contributed by atoms with E-state index in [0.717, 1.165) is 32.6 Å². The Morgan fingerprint density at radius 1 is 1.50 bits per heavy atom. The van der Waals surface area contributed by atoms with Crippen molar-refractivity contribution in [1.82, 2.24) is 15.5 Å². The Labute approximate surface area is 98.8 Å². The van der Waals surface area contributed by atoms with E-state index in [2.05, 4.69) is 29.4 Å². The standard InChI is InChI=1S/C12H25N3O/c1-10(2)13-6-5-8-15-9-7-14-11(16)12(15,3)4/h10,13H,5-9H2,1-4H3,(H,14,16). The Bertz CT molecular complexity index is 238. The summed E-state index contributed by atoms with van der Waals surface area (Å²) in [5.74, 6) is 0.149. The van der Waals surface area contributed by atoms with E-state index in [9.17, 15) is 4.79 Å². The third-order valence-electron chi connectivity index (χ3n) is 3.17. The number of nitrogens with zero attached hydrogens (tertiary/aromatic N) is 1. The average molecular weight is 227 g/mol. The first-order valence-electron chi connectivity index (χ1n) is 6.21. The van der Waals surface area contributed by atoms with Crippen LogP contribution in [0.5, 0.6) is 0 Å². The smallest absolute Gasteiger partial charge is 0.239 e. The topological polar surface area (TPSA) is 44.4 Å². The minimum Gasteiger partial charge on any atom is -0.353 e. The number of rotatable bonds is 5. The number of hydrogen-bond acceptors (Lipinski definition) is 3. The Kier molecular flexibility index (Phi) is 4.74. The van der Waals surface area contributed by atoms with Crippen LogP contribution in [0.4, 0.5) is 0 Å². The molecule has 94 valence electrons. The van der Waals surface area contributed by atoms with Crippen LogP contribution in [-0.2, 0) is 4.79 Å². The molecule has 0 aliphatic carbocycles. The second-order valence-corrected chi connectivity index (χ2v) is 5.26. The molecular formula is C12H25N3O. The zero-order valence-electron chi connectivity index (χ0n) is 11.0. The van der Waals surface area contributed by atoms with E-state index in [1.165, 1.54) is 0 Å². The van der Waals surface area contributed by atoms with Crippen LogP contribution < -0.4 is 10.6 Å². The molecule has 0 aromatic carbocycles. The van der Waals surface area contributed by atoms with Gasteiger partial charge in [-0.1, -0.05) is 13.8 Å². The summed E-state index contributed by atoms with van der Waals surface area (Å²) in [6, 6.07) is 0.540. The molecule has 0 unspecified atom stereocenters. The number of amides is 1. The summed E-state index contributed by atoms with van der Waals surface area (Å²) in [4.78, 5) is 14.0. The molecule has 0 spiro atoms. The molecule has 1 amide bonds. The Morgan fingerprint density at radius 2 is 2.19 bits per heavy atom. The monoisotopic (exact) mass is 227 g/mol. The van der Waals surface area contributed by atoms with Gasteiger partial charge in [0.05, 0.1) is 5.54 Å². The molecule has 2 N–H and O–H groups in total. The third kappa shape index (κ3) is 3.46. The van der Waals surface area contributed by atoms with Crippen LogP contribution in [0.1, 0.15) is 34.1 Å². The second kappa shape index (κ2) is 5.64. The lowest BCUT2D eigenvalue weighted by Crippen LogP contribution is -2.61. The summed E-state index contributed by atoms with van der Waals surface area (Å²) in [6.07, 6.45) is 1.09. The first-order valence-corrected chi connectivity index (χ1v) is 6.21. The normalized spacial score (nSPS) is 21.2. The van der Waals surface area contributed by atoms with E-state index in [1.54, 1.807) is 0 Å². The maximum absolute atomic E-state index is 11.7. The molecule has 4 heteroatoms. The van der Waals surface area contributed by atoms with Gasteiger partial charge in [-0.25, -0.2) is 0 Å². The molecule has 4 nitrogen and oxygen atoms in total. The first-order chi connectivity index (χ1) is 7.44. The molecule has 16 heavy (non-hydrogen) atoms. The summed E-state index contributed by atoms with van der Waals surface area (Å²) in [5, 5.41) is 6.31. The summed E-state index contributed by atoms with van der Waals surface area (Å²) in [7, 11) is 0. The molecule has 0 saturated carbocycles. The van der Waals surface area contributed by atoms with Gasteiger partial charge in [0.2, 0.25) is 5.91 Å². The number of piperazine rings is 1. The van der Waals surface area contributed by atoms with Crippen molar-refractivity contribution in [2.75, 3.05) is 26.2 Å². The molecule has 1 rings (SSSR count). The van der Waals surface area contributed by atoms with Crippen LogP contribution in [0.2, 0.25) is 0 Å². The van der Waals surface area contributed by atoms with Gasteiger partial charge in [0.25, 0.3) is 0 Å². The number of hydrogen-bond donors (Lipinski definition) is 2. The number of carbonyl (C=O) groups excluding carboxylic acids is 1. The lowest BCUT2D eigenvalue weighted by Gasteiger charge is -2.41. The fraction of sp³-hybridized carbons (Fsp3) is 0.917. The highest BCUT2D eigenvalue weighted by molar-refractivity contribution is 5.86. The molecule has 0 atom stereocenters. The summed E-state index contributed by atoms with van der Waals surface area (Å²) in [6.45, 7) is 12.0. The van der Waals surface area contributed by atoms with Crippen LogP contribution >= 0.6 is 0 Å². The van der Waals surface area contributed by atoms with E-state index in [1.807, 2.05) is 13.8 Å². The van der Waals surface area contributed by atoms with Gasteiger partial charge in [0, 0.05) is 25.7 Å². The highest BCUT2D eigenvalue weighted by Gasteiger charge is 2.36.